The molecule has 0 saturated carbocycles. The van der Waals surface area contributed by atoms with E-state index < -0.39 is 5.54 Å². The minimum atomic E-state index is -0.484. The smallest absolute Gasteiger partial charge is 0.251 e. The summed E-state index contributed by atoms with van der Waals surface area (Å²) in [4.78, 5) is 17.3. The van der Waals surface area contributed by atoms with Gasteiger partial charge in [-0.25, -0.2) is 5.06 Å². The second-order valence-electron chi connectivity index (χ2n) is 4.91. The van der Waals surface area contributed by atoms with Gasteiger partial charge in [0.2, 0.25) is 0 Å². The van der Waals surface area contributed by atoms with Crippen molar-refractivity contribution in [3.8, 4) is 5.75 Å². The predicted molar refractivity (Wildman–Crippen MR) is 61.6 cm³/mol. The fraction of sp³-hybridized carbons (Fsp3) is 0.462. The summed E-state index contributed by atoms with van der Waals surface area (Å²) in [6.45, 7) is 4.46. The number of hydrogen-bond donors (Lipinski definition) is 0. The fourth-order valence-corrected chi connectivity index (χ4v) is 2.95. The number of benzene rings is 1. The van der Waals surface area contributed by atoms with Gasteiger partial charge in [0.15, 0.2) is 0 Å². The van der Waals surface area contributed by atoms with Crippen LogP contribution in [0.3, 0.4) is 0 Å². The number of amides is 1. The van der Waals surface area contributed by atoms with Crippen molar-refractivity contribution in [3.63, 3.8) is 0 Å². The maximum atomic E-state index is 12.0. The molecule has 2 heterocycles. The van der Waals surface area contributed by atoms with Crippen LogP contribution in [0.25, 0.3) is 0 Å². The number of rotatable bonds is 1. The number of hydrogen-bond acceptors (Lipinski definition) is 3. The Balaban J connectivity index is 2.25. The summed E-state index contributed by atoms with van der Waals surface area (Å²) in [5.74, 6) is 0.876. The van der Waals surface area contributed by atoms with E-state index in [4.69, 9.17) is 9.57 Å². The van der Waals surface area contributed by atoms with E-state index in [1.54, 1.807) is 0 Å². The van der Waals surface area contributed by atoms with E-state index in [1.165, 1.54) is 12.2 Å². The van der Waals surface area contributed by atoms with Gasteiger partial charge in [0, 0.05) is 5.56 Å². The zero-order chi connectivity index (χ0) is 12.2. The normalized spacial score (nSPS) is 25.8. The molecule has 0 fully saturated rings. The van der Waals surface area contributed by atoms with Crippen LogP contribution in [0.1, 0.15) is 23.6 Å². The summed E-state index contributed by atoms with van der Waals surface area (Å²) < 4.78 is 5.71. The van der Waals surface area contributed by atoms with Crippen LogP contribution in [0.5, 0.6) is 5.75 Å². The van der Waals surface area contributed by atoms with Gasteiger partial charge >= 0.3 is 0 Å². The van der Waals surface area contributed by atoms with Gasteiger partial charge < -0.3 is 4.74 Å². The number of nitrogens with zero attached hydrogens (tertiary/aromatic N) is 1. The van der Waals surface area contributed by atoms with E-state index in [1.807, 2.05) is 19.9 Å². The lowest BCUT2D eigenvalue weighted by atomic mass is 9.84. The molecule has 0 aromatic heterocycles. The lowest BCUT2D eigenvalue weighted by Crippen LogP contribution is -2.51. The minimum absolute atomic E-state index is 0.00968. The first-order chi connectivity index (χ1) is 8.06. The maximum absolute atomic E-state index is 12.0. The minimum Gasteiger partial charge on any atom is -0.490 e. The average molecular weight is 233 g/mol. The van der Waals surface area contributed by atoms with E-state index in [-0.39, 0.29) is 5.91 Å². The van der Waals surface area contributed by atoms with E-state index >= 15 is 0 Å². The molecule has 2 aliphatic heterocycles. The standard InChI is InChI=1S/C13H15NO3/c1-8-4-9-6-11(15)14(16-3)13(2)7-17-10(5-8)12(9)13/h4-5H,6-7H2,1-3H3/t13-/m0/s1. The number of ether oxygens (including phenoxy) is 1. The Hall–Kier alpha value is -1.55. The molecule has 0 spiro atoms. The van der Waals surface area contributed by atoms with Crippen LogP contribution >= 0.6 is 0 Å². The van der Waals surface area contributed by atoms with Gasteiger partial charge in [0.1, 0.15) is 17.9 Å². The molecule has 4 heteroatoms. The van der Waals surface area contributed by atoms with Crippen molar-refractivity contribution in [2.24, 2.45) is 0 Å². The molecule has 1 atom stereocenters. The molecule has 2 aliphatic rings. The molecule has 4 nitrogen and oxygen atoms in total. The third-order valence-corrected chi connectivity index (χ3v) is 3.57. The van der Waals surface area contributed by atoms with Crippen LogP contribution in [0.15, 0.2) is 12.1 Å². The third-order valence-electron chi connectivity index (χ3n) is 3.57. The first-order valence-corrected chi connectivity index (χ1v) is 5.70. The van der Waals surface area contributed by atoms with Crippen LogP contribution in [-0.4, -0.2) is 24.7 Å². The highest BCUT2D eigenvalue weighted by molar-refractivity contribution is 5.83. The molecule has 90 valence electrons. The van der Waals surface area contributed by atoms with Gasteiger partial charge in [0.25, 0.3) is 5.91 Å². The zero-order valence-corrected chi connectivity index (χ0v) is 10.2. The Labute approximate surface area is 100 Å². The number of carbonyl (C=O) groups is 1. The number of carbonyl (C=O) groups excluding carboxylic acids is 1. The zero-order valence-electron chi connectivity index (χ0n) is 10.2. The Bertz CT molecular complexity index is 512. The second kappa shape index (κ2) is 3.23. The van der Waals surface area contributed by atoms with Crippen molar-refractivity contribution in [3.05, 3.63) is 28.8 Å². The first kappa shape index (κ1) is 10.6. The highest BCUT2D eigenvalue weighted by Gasteiger charge is 2.49. The molecule has 0 radical (unpaired) electrons. The molecule has 3 rings (SSSR count). The van der Waals surface area contributed by atoms with Crippen molar-refractivity contribution in [2.75, 3.05) is 13.7 Å². The van der Waals surface area contributed by atoms with Gasteiger partial charge in [-0.3, -0.25) is 9.63 Å². The van der Waals surface area contributed by atoms with Crippen molar-refractivity contribution in [2.45, 2.75) is 25.8 Å². The summed E-state index contributed by atoms with van der Waals surface area (Å²) in [5, 5.41) is 1.45. The molecule has 0 aliphatic carbocycles. The SMILES string of the molecule is CON1C(=O)Cc2cc(C)cc3c2[C@]1(C)CO3. The highest BCUT2D eigenvalue weighted by atomic mass is 16.7. The van der Waals surface area contributed by atoms with Gasteiger partial charge in [-0.15, -0.1) is 0 Å². The quantitative estimate of drug-likeness (QED) is 0.738. The van der Waals surface area contributed by atoms with Crippen LogP contribution in [0.4, 0.5) is 0 Å². The van der Waals surface area contributed by atoms with Gasteiger partial charge in [-0.2, -0.15) is 0 Å². The summed E-state index contributed by atoms with van der Waals surface area (Å²) in [5.41, 5.74) is 2.81. The maximum Gasteiger partial charge on any atom is 0.251 e. The number of aryl methyl sites for hydroxylation is 1. The molecular weight excluding hydrogens is 218 g/mol. The molecule has 0 bridgehead atoms. The lowest BCUT2D eigenvalue weighted by Gasteiger charge is -2.39. The van der Waals surface area contributed by atoms with Crippen molar-refractivity contribution in [1.82, 2.24) is 5.06 Å². The summed E-state index contributed by atoms with van der Waals surface area (Å²) in [6, 6.07) is 4.09. The van der Waals surface area contributed by atoms with Gasteiger partial charge in [-0.05, 0) is 31.0 Å². The molecule has 1 aromatic rings. The Morgan fingerprint density at radius 3 is 2.94 bits per heavy atom. The van der Waals surface area contributed by atoms with Gasteiger partial charge in [-0.1, -0.05) is 6.07 Å². The average Bonchev–Trinajstić information content (AvgIpc) is 2.57. The van der Waals surface area contributed by atoms with Crippen LogP contribution in [0.2, 0.25) is 0 Å². The second-order valence-corrected chi connectivity index (χ2v) is 4.91. The summed E-state index contributed by atoms with van der Waals surface area (Å²) >= 11 is 0. The molecule has 1 amide bonds. The van der Waals surface area contributed by atoms with Crippen LogP contribution in [0, 0.1) is 6.92 Å². The Kier molecular flexibility index (Phi) is 2.01. The summed E-state index contributed by atoms with van der Waals surface area (Å²) in [6.07, 6.45) is 0.386. The van der Waals surface area contributed by atoms with Crippen molar-refractivity contribution in [1.29, 1.82) is 0 Å². The van der Waals surface area contributed by atoms with Crippen molar-refractivity contribution >= 4 is 5.91 Å². The molecule has 0 unspecified atom stereocenters. The molecular formula is C13H15NO3. The lowest BCUT2D eigenvalue weighted by molar-refractivity contribution is -0.212. The largest absolute Gasteiger partial charge is 0.490 e. The monoisotopic (exact) mass is 233 g/mol. The van der Waals surface area contributed by atoms with E-state index in [0.29, 0.717) is 13.0 Å². The van der Waals surface area contributed by atoms with Crippen LogP contribution in [-0.2, 0) is 21.6 Å². The Morgan fingerprint density at radius 2 is 2.24 bits per heavy atom. The van der Waals surface area contributed by atoms with Crippen LogP contribution < -0.4 is 4.74 Å². The molecule has 17 heavy (non-hydrogen) atoms. The predicted octanol–water partition coefficient (Wildman–Crippen LogP) is 1.55. The van der Waals surface area contributed by atoms with Crippen molar-refractivity contribution < 1.29 is 14.4 Å². The van der Waals surface area contributed by atoms with Gasteiger partial charge in [0.05, 0.1) is 13.5 Å². The number of hydroxylamine groups is 2. The summed E-state index contributed by atoms with van der Waals surface area (Å²) in [7, 11) is 1.53. The Morgan fingerprint density at radius 1 is 1.47 bits per heavy atom. The topological polar surface area (TPSA) is 38.8 Å². The molecule has 0 saturated heterocycles. The molecule has 1 aromatic carbocycles. The van der Waals surface area contributed by atoms with E-state index in [9.17, 15) is 4.79 Å². The van der Waals surface area contributed by atoms with E-state index in [2.05, 4.69) is 6.07 Å². The van der Waals surface area contributed by atoms with E-state index in [0.717, 1.165) is 22.4 Å². The third kappa shape index (κ3) is 1.24. The first-order valence-electron chi connectivity index (χ1n) is 5.70. The fourth-order valence-electron chi connectivity index (χ4n) is 2.95. The molecule has 0 N–H and O–H groups in total. The highest BCUT2D eigenvalue weighted by Crippen LogP contribution is 2.46.